The standard InChI is InChI=1S/C12H16N2O3.ClH/c1-7-4-5-9(13)6-10(7)11(15)14-8(2)12(16)17-3;/h4-6,8H,13H2,1-3H3,(H,14,15);1H. The summed E-state index contributed by atoms with van der Waals surface area (Å²) in [6, 6.07) is 4.37. The first-order valence-electron chi connectivity index (χ1n) is 5.20. The van der Waals surface area contributed by atoms with Crippen molar-refractivity contribution in [2.75, 3.05) is 12.8 Å². The summed E-state index contributed by atoms with van der Waals surface area (Å²) >= 11 is 0. The number of benzene rings is 1. The van der Waals surface area contributed by atoms with E-state index in [1.165, 1.54) is 7.11 Å². The number of hydrogen-bond acceptors (Lipinski definition) is 4. The minimum absolute atomic E-state index is 0. The maximum atomic E-state index is 11.9. The summed E-state index contributed by atoms with van der Waals surface area (Å²) < 4.78 is 4.52. The largest absolute Gasteiger partial charge is 0.467 e. The van der Waals surface area contributed by atoms with Crippen molar-refractivity contribution in [2.24, 2.45) is 0 Å². The lowest BCUT2D eigenvalue weighted by atomic mass is 10.1. The highest BCUT2D eigenvalue weighted by atomic mass is 35.5. The third kappa shape index (κ3) is 3.92. The SMILES string of the molecule is COC(=O)C(C)NC(=O)c1cc(N)ccc1C.Cl. The summed E-state index contributed by atoms with van der Waals surface area (Å²) in [5.41, 5.74) is 7.38. The van der Waals surface area contributed by atoms with E-state index >= 15 is 0 Å². The van der Waals surface area contributed by atoms with Crippen LogP contribution in [0.4, 0.5) is 5.69 Å². The molecule has 6 heteroatoms. The third-order valence-electron chi connectivity index (χ3n) is 2.41. The first-order valence-corrected chi connectivity index (χ1v) is 5.20. The Kier molecular flexibility index (Phi) is 6.19. The predicted octanol–water partition coefficient (Wildman–Crippen LogP) is 1.29. The number of nitrogens with one attached hydrogen (secondary N) is 1. The second-order valence-electron chi connectivity index (χ2n) is 3.79. The van der Waals surface area contributed by atoms with Gasteiger partial charge in [-0.15, -0.1) is 12.4 Å². The van der Waals surface area contributed by atoms with Crippen molar-refractivity contribution >= 4 is 30.0 Å². The Morgan fingerprint density at radius 3 is 2.56 bits per heavy atom. The minimum Gasteiger partial charge on any atom is -0.467 e. The molecule has 1 amide bonds. The summed E-state index contributed by atoms with van der Waals surface area (Å²) in [6.07, 6.45) is 0. The van der Waals surface area contributed by atoms with Crippen LogP contribution in [-0.2, 0) is 9.53 Å². The Morgan fingerprint density at radius 1 is 1.39 bits per heavy atom. The number of nitrogen functional groups attached to an aromatic ring is 1. The zero-order valence-corrected chi connectivity index (χ0v) is 11.3. The van der Waals surface area contributed by atoms with E-state index in [-0.39, 0.29) is 18.3 Å². The zero-order chi connectivity index (χ0) is 13.0. The van der Waals surface area contributed by atoms with Gasteiger partial charge in [-0.2, -0.15) is 0 Å². The van der Waals surface area contributed by atoms with Crippen molar-refractivity contribution in [1.29, 1.82) is 0 Å². The topological polar surface area (TPSA) is 81.4 Å². The fraction of sp³-hybridized carbons (Fsp3) is 0.333. The van der Waals surface area contributed by atoms with Gasteiger partial charge < -0.3 is 15.8 Å². The average Bonchev–Trinajstić information content (AvgIpc) is 2.30. The van der Waals surface area contributed by atoms with E-state index < -0.39 is 12.0 Å². The lowest BCUT2D eigenvalue weighted by molar-refractivity contribution is -0.142. The van der Waals surface area contributed by atoms with E-state index in [4.69, 9.17) is 5.73 Å². The molecule has 0 saturated carbocycles. The molecule has 0 bridgehead atoms. The van der Waals surface area contributed by atoms with Crippen molar-refractivity contribution in [3.8, 4) is 0 Å². The molecule has 1 aromatic rings. The van der Waals surface area contributed by atoms with Crippen molar-refractivity contribution in [3.63, 3.8) is 0 Å². The molecule has 0 radical (unpaired) electrons. The van der Waals surface area contributed by atoms with Crippen LogP contribution in [0, 0.1) is 6.92 Å². The molecule has 0 spiro atoms. The van der Waals surface area contributed by atoms with Crippen LogP contribution >= 0.6 is 12.4 Å². The van der Waals surface area contributed by atoms with Crippen LogP contribution < -0.4 is 11.1 Å². The predicted molar refractivity (Wildman–Crippen MR) is 71.8 cm³/mol. The van der Waals surface area contributed by atoms with Gasteiger partial charge in [0, 0.05) is 11.3 Å². The van der Waals surface area contributed by atoms with Crippen LogP contribution in [-0.4, -0.2) is 25.0 Å². The molecule has 1 unspecified atom stereocenters. The van der Waals surface area contributed by atoms with Gasteiger partial charge in [0.15, 0.2) is 0 Å². The van der Waals surface area contributed by atoms with Crippen LogP contribution in [0.2, 0.25) is 0 Å². The van der Waals surface area contributed by atoms with Crippen LogP contribution in [0.25, 0.3) is 0 Å². The summed E-state index contributed by atoms with van der Waals surface area (Å²) in [5, 5.41) is 2.55. The number of aryl methyl sites for hydroxylation is 1. The molecule has 0 fully saturated rings. The van der Waals surface area contributed by atoms with Crippen molar-refractivity contribution in [3.05, 3.63) is 29.3 Å². The molecule has 100 valence electrons. The maximum Gasteiger partial charge on any atom is 0.328 e. The molecule has 0 heterocycles. The zero-order valence-electron chi connectivity index (χ0n) is 10.5. The van der Waals surface area contributed by atoms with E-state index in [9.17, 15) is 9.59 Å². The van der Waals surface area contributed by atoms with Crippen molar-refractivity contribution in [1.82, 2.24) is 5.32 Å². The number of carbonyl (C=O) groups is 2. The Balaban J connectivity index is 0.00000289. The van der Waals surface area contributed by atoms with Gasteiger partial charge in [0.05, 0.1) is 7.11 Å². The second kappa shape index (κ2) is 6.86. The molecular formula is C12H17ClN2O3. The van der Waals surface area contributed by atoms with E-state index in [0.717, 1.165) is 5.56 Å². The lowest BCUT2D eigenvalue weighted by Crippen LogP contribution is -2.39. The Hall–Kier alpha value is -1.75. The first kappa shape index (κ1) is 16.2. The van der Waals surface area contributed by atoms with Crippen LogP contribution in [0.3, 0.4) is 0 Å². The van der Waals surface area contributed by atoms with Gasteiger partial charge in [-0.3, -0.25) is 4.79 Å². The molecule has 5 nitrogen and oxygen atoms in total. The van der Waals surface area contributed by atoms with Crippen molar-refractivity contribution in [2.45, 2.75) is 19.9 Å². The number of nitrogens with two attached hydrogens (primary N) is 1. The first-order chi connectivity index (χ1) is 7.95. The highest BCUT2D eigenvalue weighted by Crippen LogP contribution is 2.12. The fourth-order valence-electron chi connectivity index (χ4n) is 1.39. The molecule has 1 aromatic carbocycles. The fourth-order valence-corrected chi connectivity index (χ4v) is 1.39. The van der Waals surface area contributed by atoms with Crippen LogP contribution in [0.15, 0.2) is 18.2 Å². The van der Waals surface area contributed by atoms with E-state index in [1.54, 1.807) is 32.0 Å². The van der Waals surface area contributed by atoms with Gasteiger partial charge in [-0.1, -0.05) is 6.07 Å². The van der Waals surface area contributed by atoms with Gasteiger partial charge in [0.25, 0.3) is 5.91 Å². The highest BCUT2D eigenvalue weighted by molar-refractivity contribution is 5.98. The Labute approximate surface area is 112 Å². The van der Waals surface area contributed by atoms with E-state index in [2.05, 4.69) is 10.1 Å². The third-order valence-corrected chi connectivity index (χ3v) is 2.41. The second-order valence-corrected chi connectivity index (χ2v) is 3.79. The number of esters is 1. The monoisotopic (exact) mass is 272 g/mol. The molecule has 0 aliphatic carbocycles. The van der Waals surface area contributed by atoms with Crippen LogP contribution in [0.5, 0.6) is 0 Å². The number of amides is 1. The van der Waals surface area contributed by atoms with Gasteiger partial charge >= 0.3 is 5.97 Å². The molecule has 3 N–H and O–H groups in total. The van der Waals surface area contributed by atoms with Gasteiger partial charge in [0.2, 0.25) is 0 Å². The lowest BCUT2D eigenvalue weighted by Gasteiger charge is -2.13. The van der Waals surface area contributed by atoms with E-state index in [0.29, 0.717) is 11.3 Å². The van der Waals surface area contributed by atoms with Crippen molar-refractivity contribution < 1.29 is 14.3 Å². The number of methoxy groups -OCH3 is 1. The summed E-state index contributed by atoms with van der Waals surface area (Å²) in [5.74, 6) is -0.826. The number of hydrogen-bond donors (Lipinski definition) is 2. The Morgan fingerprint density at radius 2 is 2.00 bits per heavy atom. The Bertz CT molecular complexity index is 449. The molecule has 1 atom stereocenters. The molecule has 0 aromatic heterocycles. The summed E-state index contributed by atoms with van der Waals surface area (Å²) in [4.78, 5) is 23.0. The van der Waals surface area contributed by atoms with Gasteiger partial charge in [0.1, 0.15) is 6.04 Å². The number of ether oxygens (including phenoxy) is 1. The quantitative estimate of drug-likeness (QED) is 0.642. The molecule has 0 aliphatic rings. The number of halogens is 1. The van der Waals surface area contributed by atoms with Gasteiger partial charge in [-0.05, 0) is 31.5 Å². The smallest absolute Gasteiger partial charge is 0.328 e. The molecular weight excluding hydrogens is 256 g/mol. The molecule has 0 saturated heterocycles. The minimum atomic E-state index is -0.687. The maximum absolute atomic E-state index is 11.9. The molecule has 18 heavy (non-hydrogen) atoms. The normalized spacial score (nSPS) is 11.1. The number of carbonyl (C=O) groups excluding carboxylic acids is 2. The summed E-state index contributed by atoms with van der Waals surface area (Å²) in [6.45, 7) is 3.36. The number of anilines is 1. The highest BCUT2D eigenvalue weighted by Gasteiger charge is 2.17. The average molecular weight is 273 g/mol. The number of rotatable bonds is 3. The van der Waals surface area contributed by atoms with Gasteiger partial charge in [-0.25, -0.2) is 4.79 Å². The van der Waals surface area contributed by atoms with E-state index in [1.807, 2.05) is 0 Å². The van der Waals surface area contributed by atoms with Crippen LogP contribution in [0.1, 0.15) is 22.8 Å². The summed E-state index contributed by atoms with van der Waals surface area (Å²) in [7, 11) is 1.27. The molecule has 1 rings (SSSR count). The molecule has 0 aliphatic heterocycles.